The van der Waals surface area contributed by atoms with Crippen LogP contribution in [-0.2, 0) is 10.0 Å². The van der Waals surface area contributed by atoms with Gasteiger partial charge in [0, 0.05) is 0 Å². The van der Waals surface area contributed by atoms with E-state index in [9.17, 15) is 12.8 Å². The Morgan fingerprint density at radius 1 is 1.44 bits per heavy atom. The van der Waals surface area contributed by atoms with Crippen LogP contribution < -0.4 is 10.5 Å². The van der Waals surface area contributed by atoms with Crippen molar-refractivity contribution in [2.75, 3.05) is 10.5 Å². The number of hydrogen-bond acceptors (Lipinski definition) is 5. The summed E-state index contributed by atoms with van der Waals surface area (Å²) in [6.45, 7) is 1.71. The molecule has 0 aliphatic heterocycles. The first-order valence-electron chi connectivity index (χ1n) is 4.90. The van der Waals surface area contributed by atoms with Crippen LogP contribution in [0.2, 0.25) is 0 Å². The third-order valence-electron chi connectivity index (χ3n) is 2.15. The number of halogens is 1. The van der Waals surface area contributed by atoms with Gasteiger partial charge < -0.3 is 5.73 Å². The second kappa shape index (κ2) is 4.54. The lowest BCUT2D eigenvalue weighted by atomic mass is 10.4. The van der Waals surface area contributed by atoms with E-state index in [1.807, 2.05) is 0 Å². The molecule has 0 unspecified atom stereocenters. The predicted octanol–water partition coefficient (Wildman–Crippen LogP) is 1.97. The van der Waals surface area contributed by atoms with Crippen LogP contribution in [0.5, 0.6) is 0 Å². The van der Waals surface area contributed by atoms with Gasteiger partial charge in [0.15, 0.2) is 0 Å². The number of nitrogen functional groups attached to an aromatic ring is 1. The molecule has 2 aromatic heterocycles. The minimum atomic E-state index is -3.77. The SMILES string of the molecule is Cc1cc(S(=O)(=O)Nc2cccc(F)n2)sc1N. The highest BCUT2D eigenvalue weighted by atomic mass is 32.2. The Morgan fingerprint density at radius 2 is 2.17 bits per heavy atom. The van der Waals surface area contributed by atoms with Crippen molar-refractivity contribution >= 4 is 32.2 Å². The number of rotatable bonds is 3. The highest BCUT2D eigenvalue weighted by molar-refractivity contribution is 7.94. The largest absolute Gasteiger partial charge is 0.390 e. The van der Waals surface area contributed by atoms with Crippen LogP contribution >= 0.6 is 11.3 Å². The predicted molar refractivity (Wildman–Crippen MR) is 68.5 cm³/mol. The minimum Gasteiger partial charge on any atom is -0.390 e. The fourth-order valence-electron chi connectivity index (χ4n) is 1.25. The smallest absolute Gasteiger partial charge is 0.272 e. The zero-order valence-corrected chi connectivity index (χ0v) is 11.0. The number of hydrogen-bond donors (Lipinski definition) is 2. The summed E-state index contributed by atoms with van der Waals surface area (Å²) in [5, 5.41) is 0.433. The molecule has 2 heterocycles. The molecule has 96 valence electrons. The molecule has 0 aliphatic rings. The van der Waals surface area contributed by atoms with Crippen LogP contribution in [0.3, 0.4) is 0 Å². The van der Waals surface area contributed by atoms with E-state index in [1.54, 1.807) is 6.92 Å². The van der Waals surface area contributed by atoms with Gasteiger partial charge in [0.2, 0.25) is 5.95 Å². The topological polar surface area (TPSA) is 85.1 Å². The summed E-state index contributed by atoms with van der Waals surface area (Å²) in [6, 6.07) is 5.32. The van der Waals surface area contributed by atoms with Crippen molar-refractivity contribution < 1.29 is 12.8 Å². The normalized spacial score (nSPS) is 11.4. The molecule has 0 saturated carbocycles. The van der Waals surface area contributed by atoms with Crippen molar-refractivity contribution in [2.24, 2.45) is 0 Å². The molecular formula is C10H10FN3O2S2. The van der Waals surface area contributed by atoms with Crippen LogP contribution in [0, 0.1) is 12.9 Å². The number of nitrogens with two attached hydrogens (primary N) is 1. The third kappa shape index (κ3) is 2.59. The Labute approximate surface area is 108 Å². The number of thiophene rings is 1. The van der Waals surface area contributed by atoms with E-state index in [1.165, 1.54) is 18.2 Å². The van der Waals surface area contributed by atoms with Crippen molar-refractivity contribution in [1.29, 1.82) is 0 Å². The molecule has 5 nitrogen and oxygen atoms in total. The third-order valence-corrected chi connectivity index (χ3v) is 5.05. The Kier molecular flexibility index (Phi) is 3.22. The molecular weight excluding hydrogens is 277 g/mol. The molecule has 2 aromatic rings. The van der Waals surface area contributed by atoms with Gasteiger partial charge in [-0.25, -0.2) is 13.4 Å². The van der Waals surface area contributed by atoms with Gasteiger partial charge in [0.1, 0.15) is 10.0 Å². The van der Waals surface area contributed by atoms with Crippen LogP contribution in [0.1, 0.15) is 5.56 Å². The standard InChI is InChI=1S/C10H10FN3O2S2/c1-6-5-9(17-10(6)12)18(15,16)14-8-4-2-3-7(11)13-8/h2-5H,12H2,1H3,(H,13,14). The van der Waals surface area contributed by atoms with Crippen molar-refractivity contribution in [2.45, 2.75) is 11.1 Å². The Hall–Kier alpha value is -1.67. The summed E-state index contributed by atoms with van der Waals surface area (Å²) in [5.41, 5.74) is 6.29. The average Bonchev–Trinajstić information content (AvgIpc) is 2.59. The van der Waals surface area contributed by atoms with Gasteiger partial charge in [-0.1, -0.05) is 6.07 Å². The maximum atomic E-state index is 12.8. The number of aryl methyl sites for hydroxylation is 1. The summed E-state index contributed by atoms with van der Waals surface area (Å²) in [6.07, 6.45) is 0. The molecule has 0 radical (unpaired) electrons. The lowest BCUT2D eigenvalue weighted by Crippen LogP contribution is -2.12. The summed E-state index contributed by atoms with van der Waals surface area (Å²) >= 11 is 0.951. The average molecular weight is 287 g/mol. The number of anilines is 2. The minimum absolute atomic E-state index is 0.0698. The van der Waals surface area contributed by atoms with Gasteiger partial charge in [0.05, 0.1) is 5.00 Å². The fourth-order valence-corrected chi connectivity index (χ4v) is 3.58. The number of sulfonamides is 1. The quantitative estimate of drug-likeness (QED) is 0.845. The number of aromatic nitrogens is 1. The lowest BCUT2D eigenvalue weighted by molar-refractivity contribution is 0.585. The molecule has 8 heteroatoms. The highest BCUT2D eigenvalue weighted by Gasteiger charge is 2.18. The Bertz CT molecular complexity index is 663. The van der Waals surface area contributed by atoms with Gasteiger partial charge in [-0.05, 0) is 30.7 Å². The zero-order chi connectivity index (χ0) is 13.3. The molecule has 0 aromatic carbocycles. The fraction of sp³-hybridized carbons (Fsp3) is 0.100. The van der Waals surface area contributed by atoms with Crippen molar-refractivity contribution in [3.8, 4) is 0 Å². The Morgan fingerprint density at radius 3 is 2.72 bits per heavy atom. The van der Waals surface area contributed by atoms with E-state index < -0.39 is 16.0 Å². The molecule has 0 atom stereocenters. The van der Waals surface area contributed by atoms with E-state index in [0.717, 1.165) is 17.4 Å². The second-order valence-electron chi connectivity index (χ2n) is 3.56. The molecule has 0 fully saturated rings. The van der Waals surface area contributed by atoms with Gasteiger partial charge in [-0.3, -0.25) is 4.72 Å². The summed E-state index contributed by atoms with van der Waals surface area (Å²) in [4.78, 5) is 3.43. The van der Waals surface area contributed by atoms with Gasteiger partial charge >= 0.3 is 0 Å². The molecule has 18 heavy (non-hydrogen) atoms. The van der Waals surface area contributed by atoms with Crippen molar-refractivity contribution in [3.05, 3.63) is 35.8 Å². The first-order valence-corrected chi connectivity index (χ1v) is 7.20. The summed E-state index contributed by atoms with van der Waals surface area (Å²) < 4.78 is 39.0. The Balaban J connectivity index is 2.33. The van der Waals surface area contributed by atoms with Gasteiger partial charge in [-0.15, -0.1) is 11.3 Å². The molecule has 0 aliphatic carbocycles. The number of nitrogens with one attached hydrogen (secondary N) is 1. The molecule has 0 bridgehead atoms. The van der Waals surface area contributed by atoms with Crippen LogP contribution in [0.25, 0.3) is 0 Å². The summed E-state index contributed by atoms with van der Waals surface area (Å²) in [7, 11) is -3.77. The lowest BCUT2D eigenvalue weighted by Gasteiger charge is -2.04. The molecule has 3 N–H and O–H groups in total. The van der Waals surface area contributed by atoms with E-state index >= 15 is 0 Å². The van der Waals surface area contributed by atoms with E-state index in [0.29, 0.717) is 10.6 Å². The molecule has 0 amide bonds. The van der Waals surface area contributed by atoms with Crippen LogP contribution in [0.4, 0.5) is 15.2 Å². The monoisotopic (exact) mass is 287 g/mol. The highest BCUT2D eigenvalue weighted by Crippen LogP contribution is 2.28. The second-order valence-corrected chi connectivity index (χ2v) is 6.56. The molecule has 0 spiro atoms. The van der Waals surface area contributed by atoms with E-state index in [2.05, 4.69) is 9.71 Å². The zero-order valence-electron chi connectivity index (χ0n) is 9.34. The number of pyridine rings is 1. The first kappa shape index (κ1) is 12.8. The van der Waals surface area contributed by atoms with Gasteiger partial charge in [-0.2, -0.15) is 4.39 Å². The van der Waals surface area contributed by atoms with Crippen molar-refractivity contribution in [1.82, 2.24) is 4.98 Å². The molecule has 0 saturated heterocycles. The first-order chi connectivity index (χ1) is 8.38. The maximum absolute atomic E-state index is 12.8. The van der Waals surface area contributed by atoms with E-state index in [4.69, 9.17) is 5.73 Å². The van der Waals surface area contributed by atoms with E-state index in [-0.39, 0.29) is 10.0 Å². The van der Waals surface area contributed by atoms with Crippen molar-refractivity contribution in [3.63, 3.8) is 0 Å². The van der Waals surface area contributed by atoms with Crippen LogP contribution in [-0.4, -0.2) is 13.4 Å². The molecule has 2 rings (SSSR count). The van der Waals surface area contributed by atoms with Crippen LogP contribution in [0.15, 0.2) is 28.5 Å². The maximum Gasteiger partial charge on any atom is 0.272 e. The van der Waals surface area contributed by atoms with Gasteiger partial charge in [0.25, 0.3) is 10.0 Å². The number of nitrogens with zero attached hydrogens (tertiary/aromatic N) is 1. The summed E-state index contributed by atoms with van der Waals surface area (Å²) in [5.74, 6) is -0.823.